The van der Waals surface area contributed by atoms with Crippen molar-refractivity contribution in [1.82, 2.24) is 15.1 Å². The van der Waals surface area contributed by atoms with Crippen LogP contribution >= 0.6 is 0 Å². The highest BCUT2D eigenvalue weighted by Gasteiger charge is 2.07. The zero-order valence-electron chi connectivity index (χ0n) is 10.4. The van der Waals surface area contributed by atoms with Gasteiger partial charge in [-0.1, -0.05) is 5.16 Å². The van der Waals surface area contributed by atoms with Crippen molar-refractivity contribution in [3.63, 3.8) is 0 Å². The quantitative estimate of drug-likeness (QED) is 0.773. The van der Waals surface area contributed by atoms with Gasteiger partial charge in [-0.25, -0.2) is 0 Å². The molecule has 0 radical (unpaired) electrons. The Kier molecular flexibility index (Phi) is 4.25. The average molecular weight is 249 g/mol. The third-order valence-corrected chi connectivity index (χ3v) is 2.35. The maximum absolute atomic E-state index is 5.55. The number of nitrogens with zero attached hydrogens (tertiary/aromatic N) is 3. The number of hydrogen-bond donors (Lipinski definition) is 0. The Labute approximate surface area is 105 Å². The van der Waals surface area contributed by atoms with Crippen LogP contribution in [0.1, 0.15) is 17.4 Å². The standard InChI is InChI=1S/C12H15N3O3/c1-9-10(4-3-6-13-9)17-8-12-14-11(15-18-12)5-7-16-2/h3-4,6H,5,7-8H2,1-2H3. The normalized spacial score (nSPS) is 10.6. The van der Waals surface area contributed by atoms with Gasteiger partial charge in [-0.3, -0.25) is 4.98 Å². The highest BCUT2D eigenvalue weighted by molar-refractivity contribution is 5.25. The second-order valence-corrected chi connectivity index (χ2v) is 3.72. The molecular weight excluding hydrogens is 234 g/mol. The van der Waals surface area contributed by atoms with Gasteiger partial charge >= 0.3 is 0 Å². The summed E-state index contributed by atoms with van der Waals surface area (Å²) < 4.78 is 15.6. The van der Waals surface area contributed by atoms with E-state index in [0.29, 0.717) is 30.5 Å². The largest absolute Gasteiger partial charge is 0.482 e. The molecule has 0 N–H and O–H groups in total. The van der Waals surface area contributed by atoms with E-state index < -0.39 is 0 Å². The summed E-state index contributed by atoms with van der Waals surface area (Å²) in [6.45, 7) is 2.70. The van der Waals surface area contributed by atoms with Crippen LogP contribution in [0.15, 0.2) is 22.9 Å². The Balaban J connectivity index is 1.90. The van der Waals surface area contributed by atoms with Crippen molar-refractivity contribution in [2.75, 3.05) is 13.7 Å². The van der Waals surface area contributed by atoms with E-state index in [2.05, 4.69) is 15.1 Å². The summed E-state index contributed by atoms with van der Waals surface area (Å²) in [4.78, 5) is 8.32. The van der Waals surface area contributed by atoms with E-state index in [9.17, 15) is 0 Å². The molecule has 18 heavy (non-hydrogen) atoms. The Morgan fingerprint density at radius 1 is 1.39 bits per heavy atom. The minimum atomic E-state index is 0.243. The minimum Gasteiger partial charge on any atom is -0.482 e. The molecule has 0 unspecified atom stereocenters. The van der Waals surface area contributed by atoms with Gasteiger partial charge in [0.15, 0.2) is 12.4 Å². The lowest BCUT2D eigenvalue weighted by molar-refractivity contribution is 0.199. The highest BCUT2D eigenvalue weighted by Crippen LogP contribution is 2.15. The number of hydrogen-bond acceptors (Lipinski definition) is 6. The number of aryl methyl sites for hydroxylation is 1. The molecular formula is C12H15N3O3. The SMILES string of the molecule is COCCc1noc(COc2cccnc2C)n1. The summed E-state index contributed by atoms with van der Waals surface area (Å²) in [7, 11) is 1.63. The van der Waals surface area contributed by atoms with E-state index >= 15 is 0 Å². The molecule has 0 saturated carbocycles. The third kappa shape index (κ3) is 3.27. The van der Waals surface area contributed by atoms with Crippen LogP contribution in [0, 0.1) is 6.92 Å². The molecule has 2 heterocycles. The molecule has 6 heteroatoms. The van der Waals surface area contributed by atoms with E-state index in [-0.39, 0.29) is 6.61 Å². The number of rotatable bonds is 6. The summed E-state index contributed by atoms with van der Waals surface area (Å²) in [5.74, 6) is 1.79. The fourth-order valence-corrected chi connectivity index (χ4v) is 1.41. The lowest BCUT2D eigenvalue weighted by atomic mass is 10.3. The highest BCUT2D eigenvalue weighted by atomic mass is 16.5. The van der Waals surface area contributed by atoms with Gasteiger partial charge in [-0.2, -0.15) is 4.98 Å². The first-order valence-electron chi connectivity index (χ1n) is 5.64. The first-order chi connectivity index (χ1) is 8.79. The summed E-state index contributed by atoms with van der Waals surface area (Å²) in [5, 5.41) is 3.83. The molecule has 0 atom stereocenters. The number of pyridine rings is 1. The van der Waals surface area contributed by atoms with Gasteiger partial charge in [-0.15, -0.1) is 0 Å². The van der Waals surface area contributed by atoms with Crippen LogP contribution in [0.3, 0.4) is 0 Å². The molecule has 0 amide bonds. The van der Waals surface area contributed by atoms with E-state index in [1.54, 1.807) is 13.3 Å². The van der Waals surface area contributed by atoms with Crippen molar-refractivity contribution in [1.29, 1.82) is 0 Å². The van der Waals surface area contributed by atoms with Crippen molar-refractivity contribution in [2.45, 2.75) is 20.0 Å². The van der Waals surface area contributed by atoms with Gasteiger partial charge in [0.1, 0.15) is 5.75 Å². The summed E-state index contributed by atoms with van der Waals surface area (Å²) in [6.07, 6.45) is 2.35. The van der Waals surface area contributed by atoms with Crippen LogP contribution in [-0.2, 0) is 17.8 Å². The van der Waals surface area contributed by atoms with Crippen LogP contribution in [0.5, 0.6) is 5.75 Å². The van der Waals surface area contributed by atoms with Gasteiger partial charge in [0.2, 0.25) is 0 Å². The second kappa shape index (κ2) is 6.11. The average Bonchev–Trinajstić information content (AvgIpc) is 2.83. The molecule has 0 aromatic carbocycles. The molecule has 96 valence electrons. The summed E-state index contributed by atoms with van der Waals surface area (Å²) in [5.41, 5.74) is 0.830. The Morgan fingerprint density at radius 2 is 2.28 bits per heavy atom. The zero-order valence-corrected chi connectivity index (χ0v) is 10.4. The van der Waals surface area contributed by atoms with Crippen molar-refractivity contribution in [2.24, 2.45) is 0 Å². The lowest BCUT2D eigenvalue weighted by Gasteiger charge is -2.04. The molecule has 0 spiro atoms. The summed E-state index contributed by atoms with van der Waals surface area (Å²) >= 11 is 0. The van der Waals surface area contributed by atoms with Crippen LogP contribution in [0.25, 0.3) is 0 Å². The van der Waals surface area contributed by atoms with Gasteiger partial charge < -0.3 is 14.0 Å². The van der Waals surface area contributed by atoms with Crippen molar-refractivity contribution >= 4 is 0 Å². The number of ether oxygens (including phenoxy) is 2. The van der Waals surface area contributed by atoms with E-state index in [1.165, 1.54) is 0 Å². The Hall–Kier alpha value is -1.95. The smallest absolute Gasteiger partial charge is 0.264 e. The van der Waals surface area contributed by atoms with Crippen LogP contribution < -0.4 is 4.74 Å². The van der Waals surface area contributed by atoms with Crippen molar-refractivity contribution in [3.05, 3.63) is 35.7 Å². The van der Waals surface area contributed by atoms with Gasteiger partial charge in [0.25, 0.3) is 5.89 Å². The summed E-state index contributed by atoms with van der Waals surface area (Å²) in [6, 6.07) is 3.67. The Morgan fingerprint density at radius 3 is 3.06 bits per heavy atom. The van der Waals surface area contributed by atoms with Crippen molar-refractivity contribution in [3.8, 4) is 5.75 Å². The Bertz CT molecular complexity index is 499. The maximum Gasteiger partial charge on any atom is 0.264 e. The molecule has 2 aromatic rings. The molecule has 2 rings (SSSR count). The fraction of sp³-hybridized carbons (Fsp3) is 0.417. The molecule has 0 fully saturated rings. The maximum atomic E-state index is 5.55. The molecule has 0 aliphatic rings. The number of methoxy groups -OCH3 is 1. The minimum absolute atomic E-state index is 0.243. The molecule has 0 bridgehead atoms. The lowest BCUT2D eigenvalue weighted by Crippen LogP contribution is -1.99. The van der Waals surface area contributed by atoms with E-state index in [1.807, 2.05) is 19.1 Å². The fourth-order valence-electron chi connectivity index (χ4n) is 1.41. The third-order valence-electron chi connectivity index (χ3n) is 2.35. The molecule has 6 nitrogen and oxygen atoms in total. The van der Waals surface area contributed by atoms with Crippen molar-refractivity contribution < 1.29 is 14.0 Å². The van der Waals surface area contributed by atoms with Gasteiger partial charge in [0.05, 0.1) is 12.3 Å². The zero-order chi connectivity index (χ0) is 12.8. The first kappa shape index (κ1) is 12.5. The van der Waals surface area contributed by atoms with Crippen LogP contribution in [0.2, 0.25) is 0 Å². The predicted octanol–water partition coefficient (Wildman–Crippen LogP) is 1.54. The second-order valence-electron chi connectivity index (χ2n) is 3.72. The topological polar surface area (TPSA) is 70.3 Å². The van der Waals surface area contributed by atoms with E-state index in [0.717, 1.165) is 5.69 Å². The molecule has 0 saturated heterocycles. The van der Waals surface area contributed by atoms with E-state index in [4.69, 9.17) is 14.0 Å². The molecule has 2 aromatic heterocycles. The van der Waals surface area contributed by atoms with Gasteiger partial charge in [-0.05, 0) is 19.1 Å². The van der Waals surface area contributed by atoms with Crippen LogP contribution in [0.4, 0.5) is 0 Å². The van der Waals surface area contributed by atoms with Gasteiger partial charge in [0, 0.05) is 19.7 Å². The molecule has 0 aliphatic carbocycles. The number of aromatic nitrogens is 3. The first-order valence-corrected chi connectivity index (χ1v) is 5.64. The molecule has 0 aliphatic heterocycles. The van der Waals surface area contributed by atoms with Crippen LogP contribution in [-0.4, -0.2) is 28.8 Å². The monoisotopic (exact) mass is 249 g/mol. The predicted molar refractivity (Wildman–Crippen MR) is 63.2 cm³/mol.